The van der Waals surface area contributed by atoms with Crippen LogP contribution < -0.4 is 4.90 Å². The van der Waals surface area contributed by atoms with Crippen molar-refractivity contribution in [3.63, 3.8) is 0 Å². The summed E-state index contributed by atoms with van der Waals surface area (Å²) in [6.45, 7) is 1.54. The lowest BCUT2D eigenvalue weighted by atomic mass is 10.2. The van der Waals surface area contributed by atoms with E-state index in [2.05, 4.69) is 26.1 Å². The molecule has 0 radical (unpaired) electrons. The van der Waals surface area contributed by atoms with Crippen molar-refractivity contribution in [3.05, 3.63) is 28.5 Å². The zero-order valence-corrected chi connectivity index (χ0v) is 13.1. The number of carbonyl (C=O) groups is 1. The molecule has 0 aliphatic heterocycles. The van der Waals surface area contributed by atoms with Gasteiger partial charge in [-0.15, -0.1) is 10.2 Å². The minimum absolute atomic E-state index is 0.333. The van der Waals surface area contributed by atoms with Gasteiger partial charge < -0.3 is 10.0 Å². The second-order valence-corrected chi connectivity index (χ2v) is 6.01. The number of benzene rings is 1. The largest absolute Gasteiger partial charge is 0.480 e. The summed E-state index contributed by atoms with van der Waals surface area (Å²) in [5.74, 6) is -1.36. The van der Waals surface area contributed by atoms with Crippen LogP contribution in [-0.4, -0.2) is 34.4 Å². The van der Waals surface area contributed by atoms with Crippen molar-refractivity contribution in [2.75, 3.05) is 11.9 Å². The summed E-state index contributed by atoms with van der Waals surface area (Å²) in [5, 5.41) is 17.6. The minimum atomic E-state index is -0.960. The average Bonchev–Trinajstić information content (AvgIpc) is 2.89. The van der Waals surface area contributed by atoms with Gasteiger partial charge in [-0.3, -0.25) is 0 Å². The second kappa shape index (κ2) is 5.84. The number of hydrogen-bond acceptors (Lipinski definition) is 5. The summed E-state index contributed by atoms with van der Waals surface area (Å²) in [5.41, 5.74) is 0.333. The van der Waals surface area contributed by atoms with Crippen molar-refractivity contribution in [1.82, 2.24) is 10.2 Å². The predicted molar refractivity (Wildman–Crippen MR) is 78.5 cm³/mol. The minimum Gasteiger partial charge on any atom is -0.480 e. The number of carboxylic acid groups (broad SMARTS) is 1. The summed E-state index contributed by atoms with van der Waals surface area (Å²) >= 11 is 4.42. The Morgan fingerprint density at radius 2 is 2.20 bits per heavy atom. The zero-order chi connectivity index (χ0) is 14.9. The van der Waals surface area contributed by atoms with Gasteiger partial charge in [0.05, 0.1) is 0 Å². The van der Waals surface area contributed by atoms with E-state index in [0.29, 0.717) is 15.7 Å². The highest BCUT2D eigenvalue weighted by Gasteiger charge is 2.21. The maximum absolute atomic E-state index is 13.8. The summed E-state index contributed by atoms with van der Waals surface area (Å²) in [4.78, 5) is 12.4. The quantitative estimate of drug-likeness (QED) is 0.908. The van der Waals surface area contributed by atoms with Gasteiger partial charge in [0, 0.05) is 17.1 Å². The predicted octanol–water partition coefficient (Wildman–Crippen LogP) is 3.02. The highest BCUT2D eigenvalue weighted by atomic mass is 79.9. The number of halogens is 2. The lowest BCUT2D eigenvalue weighted by Crippen LogP contribution is -2.35. The van der Waals surface area contributed by atoms with Crippen molar-refractivity contribution in [1.29, 1.82) is 0 Å². The fraction of sp³-hybridized carbons (Fsp3) is 0.250. The first-order valence-electron chi connectivity index (χ1n) is 5.64. The van der Waals surface area contributed by atoms with Crippen LogP contribution in [0.4, 0.5) is 9.52 Å². The van der Waals surface area contributed by atoms with E-state index < -0.39 is 17.8 Å². The van der Waals surface area contributed by atoms with Crippen LogP contribution in [0.2, 0.25) is 0 Å². The molecule has 1 aromatic carbocycles. The van der Waals surface area contributed by atoms with Crippen LogP contribution in [0, 0.1) is 5.82 Å². The van der Waals surface area contributed by atoms with Crippen molar-refractivity contribution >= 4 is 38.4 Å². The molecule has 1 heterocycles. The SMILES string of the molecule is CC(C(=O)O)N(C)c1nnc(-c2cc(Br)ccc2F)s1. The lowest BCUT2D eigenvalue weighted by molar-refractivity contribution is -0.138. The van der Waals surface area contributed by atoms with Crippen LogP contribution in [0.3, 0.4) is 0 Å². The molecule has 0 fully saturated rings. The van der Waals surface area contributed by atoms with Gasteiger partial charge in [0.25, 0.3) is 0 Å². The van der Waals surface area contributed by atoms with Gasteiger partial charge in [-0.2, -0.15) is 0 Å². The monoisotopic (exact) mass is 359 g/mol. The number of aromatic nitrogens is 2. The second-order valence-electron chi connectivity index (χ2n) is 4.14. The Morgan fingerprint density at radius 3 is 2.85 bits per heavy atom. The average molecular weight is 360 g/mol. The molecule has 1 unspecified atom stereocenters. The maximum Gasteiger partial charge on any atom is 0.326 e. The molecule has 20 heavy (non-hydrogen) atoms. The van der Waals surface area contributed by atoms with Gasteiger partial charge in [-0.1, -0.05) is 27.3 Å². The normalized spacial score (nSPS) is 12.2. The Bertz CT molecular complexity index is 649. The van der Waals surface area contributed by atoms with Crippen LogP contribution in [0.5, 0.6) is 0 Å². The molecule has 0 aliphatic carbocycles. The van der Waals surface area contributed by atoms with E-state index in [-0.39, 0.29) is 0 Å². The molecular weight excluding hydrogens is 349 g/mol. The molecule has 8 heteroatoms. The van der Waals surface area contributed by atoms with Gasteiger partial charge >= 0.3 is 5.97 Å². The molecule has 106 valence electrons. The number of nitrogens with zero attached hydrogens (tertiary/aromatic N) is 3. The topological polar surface area (TPSA) is 66.3 Å². The van der Waals surface area contributed by atoms with E-state index in [1.807, 2.05) is 0 Å². The molecule has 2 aromatic rings. The smallest absolute Gasteiger partial charge is 0.326 e. The molecule has 1 atom stereocenters. The molecule has 0 bridgehead atoms. The third-order valence-corrected chi connectivity index (χ3v) is 4.35. The standard InChI is InChI=1S/C12H11BrFN3O2S/c1-6(11(18)19)17(2)12-16-15-10(20-12)8-5-7(13)3-4-9(8)14/h3-6H,1-2H3,(H,18,19). The molecule has 1 N–H and O–H groups in total. The van der Waals surface area contributed by atoms with Gasteiger partial charge in [0.15, 0.2) is 5.01 Å². The van der Waals surface area contributed by atoms with Gasteiger partial charge in [0.1, 0.15) is 11.9 Å². The first kappa shape index (κ1) is 14.9. The Morgan fingerprint density at radius 1 is 1.50 bits per heavy atom. The van der Waals surface area contributed by atoms with E-state index in [4.69, 9.17) is 5.11 Å². The third kappa shape index (κ3) is 2.96. The maximum atomic E-state index is 13.8. The van der Waals surface area contributed by atoms with E-state index in [0.717, 1.165) is 15.8 Å². The van der Waals surface area contributed by atoms with Crippen LogP contribution in [-0.2, 0) is 4.79 Å². The molecule has 0 aliphatic rings. The number of aliphatic carboxylic acids is 1. The van der Waals surface area contributed by atoms with Crippen LogP contribution in [0.25, 0.3) is 10.6 Å². The Labute approximate surface area is 127 Å². The highest BCUT2D eigenvalue weighted by Crippen LogP contribution is 2.32. The van der Waals surface area contributed by atoms with Gasteiger partial charge in [-0.25, -0.2) is 9.18 Å². The summed E-state index contributed by atoms with van der Waals surface area (Å²) in [7, 11) is 1.61. The zero-order valence-electron chi connectivity index (χ0n) is 10.7. The summed E-state index contributed by atoms with van der Waals surface area (Å²) in [6.07, 6.45) is 0. The molecule has 0 amide bonds. The van der Waals surface area contributed by atoms with Crippen LogP contribution >= 0.6 is 27.3 Å². The van der Waals surface area contributed by atoms with Gasteiger partial charge in [-0.05, 0) is 25.1 Å². The van der Waals surface area contributed by atoms with Crippen molar-refractivity contribution < 1.29 is 14.3 Å². The molecule has 1 aromatic heterocycles. The number of likely N-dealkylation sites (N-methyl/N-ethyl adjacent to an activating group) is 1. The van der Waals surface area contributed by atoms with Crippen molar-refractivity contribution in [2.24, 2.45) is 0 Å². The van der Waals surface area contributed by atoms with Gasteiger partial charge in [0.2, 0.25) is 5.13 Å². The van der Waals surface area contributed by atoms with E-state index in [9.17, 15) is 9.18 Å². The fourth-order valence-corrected chi connectivity index (χ4v) is 2.73. The first-order valence-corrected chi connectivity index (χ1v) is 7.25. The molecule has 0 spiro atoms. The number of hydrogen-bond donors (Lipinski definition) is 1. The number of carboxylic acids is 1. The van der Waals surface area contributed by atoms with Crippen LogP contribution in [0.1, 0.15) is 6.92 Å². The molecule has 0 saturated heterocycles. The lowest BCUT2D eigenvalue weighted by Gasteiger charge is -2.19. The summed E-state index contributed by atoms with van der Waals surface area (Å²) in [6, 6.07) is 3.81. The Balaban J connectivity index is 2.33. The van der Waals surface area contributed by atoms with Crippen LogP contribution in [0.15, 0.2) is 22.7 Å². The van der Waals surface area contributed by atoms with Crippen molar-refractivity contribution in [2.45, 2.75) is 13.0 Å². The number of rotatable bonds is 4. The fourth-order valence-electron chi connectivity index (χ4n) is 1.46. The van der Waals surface area contributed by atoms with E-state index in [1.54, 1.807) is 26.1 Å². The number of anilines is 1. The third-order valence-electron chi connectivity index (χ3n) is 2.81. The molecule has 2 rings (SSSR count). The first-order chi connectivity index (χ1) is 9.40. The van der Waals surface area contributed by atoms with E-state index >= 15 is 0 Å². The van der Waals surface area contributed by atoms with E-state index in [1.165, 1.54) is 11.0 Å². The Hall–Kier alpha value is -1.54. The highest BCUT2D eigenvalue weighted by molar-refractivity contribution is 9.10. The Kier molecular flexibility index (Phi) is 4.34. The molecule has 5 nitrogen and oxygen atoms in total. The van der Waals surface area contributed by atoms with Crippen molar-refractivity contribution in [3.8, 4) is 10.6 Å². The molecule has 0 saturated carbocycles. The summed E-state index contributed by atoms with van der Waals surface area (Å²) < 4.78 is 14.5. The molecular formula is C12H11BrFN3O2S.